The van der Waals surface area contributed by atoms with E-state index in [9.17, 15) is 14.4 Å². The van der Waals surface area contributed by atoms with Gasteiger partial charge in [0.15, 0.2) is 6.10 Å². The number of aliphatic carboxylic acids is 2. The van der Waals surface area contributed by atoms with Crippen LogP contribution in [0.3, 0.4) is 0 Å². The van der Waals surface area contributed by atoms with Crippen LogP contribution in [-0.2, 0) is 14.4 Å². The van der Waals surface area contributed by atoms with Crippen molar-refractivity contribution < 1.29 is 29.7 Å². The number of aliphatic hydroxyl groups is 1. The Bertz CT molecular complexity index is 198. The van der Waals surface area contributed by atoms with Crippen molar-refractivity contribution in [3.8, 4) is 0 Å². The highest BCUT2D eigenvalue weighted by Crippen LogP contribution is 1.86. The van der Waals surface area contributed by atoms with Gasteiger partial charge in [-0.3, -0.25) is 9.59 Å². The molecular formula is C8H14O6. The summed E-state index contributed by atoms with van der Waals surface area (Å²) >= 11 is 0. The lowest BCUT2D eigenvalue weighted by atomic mass is 10.3. The van der Waals surface area contributed by atoms with E-state index in [1.165, 1.54) is 6.92 Å². The summed E-state index contributed by atoms with van der Waals surface area (Å²) in [6, 6.07) is 0. The largest absolute Gasteiger partial charge is 0.481 e. The summed E-state index contributed by atoms with van der Waals surface area (Å²) in [7, 11) is 0. The van der Waals surface area contributed by atoms with Crippen LogP contribution in [0.15, 0.2) is 0 Å². The first-order valence-corrected chi connectivity index (χ1v) is 3.93. The van der Waals surface area contributed by atoms with Crippen molar-refractivity contribution in [3.63, 3.8) is 0 Å². The molecule has 0 rings (SSSR count). The number of hydrogen-bond donors (Lipinski definition) is 3. The monoisotopic (exact) mass is 206 g/mol. The molecule has 0 aromatic carbocycles. The molecule has 0 fully saturated rings. The third-order valence-electron chi connectivity index (χ3n) is 1.07. The average molecular weight is 206 g/mol. The van der Waals surface area contributed by atoms with Gasteiger partial charge in [0.2, 0.25) is 0 Å². The van der Waals surface area contributed by atoms with Crippen molar-refractivity contribution in [3.05, 3.63) is 0 Å². The van der Waals surface area contributed by atoms with Crippen LogP contribution in [0.4, 0.5) is 0 Å². The Morgan fingerprint density at radius 2 is 1.64 bits per heavy atom. The Morgan fingerprint density at radius 1 is 1.21 bits per heavy atom. The third-order valence-corrected chi connectivity index (χ3v) is 1.07. The van der Waals surface area contributed by atoms with Crippen LogP contribution in [-0.4, -0.2) is 39.1 Å². The standard InChI is InChI=1S/C4H6O3.C4H8O3/c1-3(5)2-4(6)7;1-2-3(5)4(6)7/h2H2,1H3,(H,6,7);3,5H,2H2,1H3,(H,6,7). The first-order chi connectivity index (χ1) is 6.31. The van der Waals surface area contributed by atoms with Gasteiger partial charge in [0.05, 0.1) is 0 Å². The quantitative estimate of drug-likeness (QED) is 0.553. The van der Waals surface area contributed by atoms with E-state index in [1.54, 1.807) is 6.92 Å². The Morgan fingerprint density at radius 3 is 1.64 bits per heavy atom. The summed E-state index contributed by atoms with van der Waals surface area (Å²) in [5.41, 5.74) is 0. The molecule has 14 heavy (non-hydrogen) atoms. The number of aliphatic hydroxyl groups excluding tert-OH is 1. The molecule has 0 bridgehead atoms. The molecule has 6 nitrogen and oxygen atoms in total. The fourth-order valence-corrected chi connectivity index (χ4v) is 0.388. The van der Waals surface area contributed by atoms with Crippen molar-refractivity contribution in [1.29, 1.82) is 0 Å². The van der Waals surface area contributed by atoms with E-state index < -0.39 is 18.0 Å². The highest BCUT2D eigenvalue weighted by molar-refractivity contribution is 5.93. The topological polar surface area (TPSA) is 112 Å². The van der Waals surface area contributed by atoms with Gasteiger partial charge in [-0.1, -0.05) is 6.92 Å². The van der Waals surface area contributed by atoms with Crippen molar-refractivity contribution in [2.45, 2.75) is 32.8 Å². The van der Waals surface area contributed by atoms with E-state index in [0.29, 0.717) is 0 Å². The molecule has 1 unspecified atom stereocenters. The number of carbonyl (C=O) groups is 3. The fraction of sp³-hybridized carbons (Fsp3) is 0.625. The molecule has 0 aromatic rings. The normalized spacial score (nSPS) is 10.8. The van der Waals surface area contributed by atoms with Crippen LogP contribution in [0, 0.1) is 0 Å². The van der Waals surface area contributed by atoms with Crippen LogP contribution >= 0.6 is 0 Å². The zero-order valence-corrected chi connectivity index (χ0v) is 8.06. The van der Waals surface area contributed by atoms with E-state index in [0.717, 1.165) is 0 Å². The van der Waals surface area contributed by atoms with Crippen LogP contribution < -0.4 is 0 Å². The number of Topliss-reactive ketones (excluding diaryl/α,β-unsaturated/α-hetero) is 1. The van der Waals surface area contributed by atoms with Crippen LogP contribution in [0.25, 0.3) is 0 Å². The lowest BCUT2D eigenvalue weighted by Crippen LogP contribution is -2.17. The predicted octanol–water partition coefficient (Wildman–Crippen LogP) is -0.108. The van der Waals surface area contributed by atoms with Gasteiger partial charge in [-0.2, -0.15) is 0 Å². The predicted molar refractivity (Wildman–Crippen MR) is 46.9 cm³/mol. The molecule has 0 amide bonds. The van der Waals surface area contributed by atoms with Gasteiger partial charge in [0.1, 0.15) is 12.2 Å². The van der Waals surface area contributed by atoms with E-state index in [4.69, 9.17) is 15.3 Å². The number of carboxylic acids is 2. The summed E-state index contributed by atoms with van der Waals surface area (Å²) in [5.74, 6) is -2.53. The number of carbonyl (C=O) groups excluding carboxylic acids is 1. The zero-order valence-electron chi connectivity index (χ0n) is 8.06. The minimum atomic E-state index is -1.18. The third kappa shape index (κ3) is 13.2. The Kier molecular flexibility index (Phi) is 8.80. The highest BCUT2D eigenvalue weighted by atomic mass is 16.4. The lowest BCUT2D eigenvalue weighted by molar-refractivity contribution is -0.146. The number of hydrogen-bond acceptors (Lipinski definition) is 4. The van der Waals surface area contributed by atoms with Crippen molar-refractivity contribution >= 4 is 17.7 Å². The van der Waals surface area contributed by atoms with Crippen LogP contribution in [0.1, 0.15) is 26.7 Å². The van der Waals surface area contributed by atoms with Crippen molar-refractivity contribution in [1.82, 2.24) is 0 Å². The SMILES string of the molecule is CC(=O)CC(=O)O.CCC(O)C(=O)O. The minimum Gasteiger partial charge on any atom is -0.481 e. The second kappa shape index (κ2) is 8.18. The fourth-order valence-electron chi connectivity index (χ4n) is 0.388. The molecular weight excluding hydrogens is 192 g/mol. The van der Waals surface area contributed by atoms with Gasteiger partial charge in [0.25, 0.3) is 0 Å². The van der Waals surface area contributed by atoms with Crippen molar-refractivity contribution in [2.24, 2.45) is 0 Å². The molecule has 0 saturated heterocycles. The number of rotatable bonds is 4. The van der Waals surface area contributed by atoms with Gasteiger partial charge < -0.3 is 15.3 Å². The lowest BCUT2D eigenvalue weighted by Gasteiger charge is -1.95. The van der Waals surface area contributed by atoms with E-state index >= 15 is 0 Å². The van der Waals surface area contributed by atoms with E-state index in [1.807, 2.05) is 0 Å². The summed E-state index contributed by atoms with van der Waals surface area (Å²) in [5, 5.41) is 24.1. The van der Waals surface area contributed by atoms with Gasteiger partial charge in [0, 0.05) is 0 Å². The first-order valence-electron chi connectivity index (χ1n) is 3.93. The van der Waals surface area contributed by atoms with Crippen LogP contribution in [0.5, 0.6) is 0 Å². The highest BCUT2D eigenvalue weighted by Gasteiger charge is 2.07. The Labute approximate surface area is 81.2 Å². The summed E-state index contributed by atoms with van der Waals surface area (Å²) < 4.78 is 0. The van der Waals surface area contributed by atoms with Gasteiger partial charge in [-0.25, -0.2) is 4.79 Å². The van der Waals surface area contributed by atoms with Crippen LogP contribution in [0.2, 0.25) is 0 Å². The summed E-state index contributed by atoms with van der Waals surface area (Å²) in [4.78, 5) is 29.1. The second-order valence-electron chi connectivity index (χ2n) is 2.53. The number of ketones is 1. The second-order valence-corrected chi connectivity index (χ2v) is 2.53. The van der Waals surface area contributed by atoms with E-state index in [-0.39, 0.29) is 18.6 Å². The van der Waals surface area contributed by atoms with Gasteiger partial charge in [-0.05, 0) is 13.3 Å². The smallest absolute Gasteiger partial charge is 0.332 e. The zero-order chi connectivity index (χ0) is 11.7. The summed E-state index contributed by atoms with van der Waals surface area (Å²) in [6.07, 6.45) is -1.27. The molecule has 0 spiro atoms. The average Bonchev–Trinajstić information content (AvgIpc) is 2.01. The Balaban J connectivity index is 0. The van der Waals surface area contributed by atoms with Crippen molar-refractivity contribution in [2.75, 3.05) is 0 Å². The molecule has 0 aromatic heterocycles. The molecule has 82 valence electrons. The molecule has 3 N–H and O–H groups in total. The molecule has 0 saturated carbocycles. The molecule has 0 aliphatic heterocycles. The maximum Gasteiger partial charge on any atom is 0.332 e. The minimum absolute atomic E-state index is 0.273. The van der Waals surface area contributed by atoms with E-state index in [2.05, 4.69) is 0 Å². The molecule has 0 radical (unpaired) electrons. The van der Waals surface area contributed by atoms with Gasteiger partial charge in [-0.15, -0.1) is 0 Å². The maximum atomic E-state index is 9.87. The molecule has 0 aliphatic carbocycles. The molecule has 1 atom stereocenters. The summed E-state index contributed by atoms with van der Waals surface area (Å²) in [6.45, 7) is 2.85. The molecule has 0 heterocycles. The number of carboxylic acid groups (broad SMARTS) is 2. The molecule has 6 heteroatoms. The molecule has 0 aliphatic rings. The Hall–Kier alpha value is -1.43. The van der Waals surface area contributed by atoms with Gasteiger partial charge >= 0.3 is 11.9 Å². The maximum absolute atomic E-state index is 9.87. The first kappa shape index (κ1) is 15.1.